The molecule has 8 nitrogen and oxygen atoms in total. The first-order valence-electron chi connectivity index (χ1n) is 8.28. The van der Waals surface area contributed by atoms with E-state index in [1.54, 1.807) is 11.8 Å². The van der Waals surface area contributed by atoms with Crippen molar-refractivity contribution in [1.82, 2.24) is 4.90 Å². The number of thioether (sulfide) groups is 1. The summed E-state index contributed by atoms with van der Waals surface area (Å²) in [6.07, 6.45) is 1.46. The van der Waals surface area contributed by atoms with Gasteiger partial charge in [-0.1, -0.05) is 0 Å². The maximum absolute atomic E-state index is 11.9. The minimum absolute atomic E-state index is 0.0529. The summed E-state index contributed by atoms with van der Waals surface area (Å²) in [5.74, 6) is -2.16. The van der Waals surface area contributed by atoms with Crippen LogP contribution in [0.2, 0.25) is 0 Å². The highest BCUT2D eigenvalue weighted by molar-refractivity contribution is 8.00. The molecule has 0 bridgehead atoms. The zero-order valence-corrected chi connectivity index (χ0v) is 16.1. The van der Waals surface area contributed by atoms with E-state index in [1.165, 1.54) is 23.1 Å². The lowest BCUT2D eigenvalue weighted by Crippen LogP contribution is -2.35. The molecule has 2 aliphatic heterocycles. The van der Waals surface area contributed by atoms with Crippen LogP contribution in [0.1, 0.15) is 27.5 Å². The average Bonchev–Trinajstić information content (AvgIpc) is 2.90. The molecule has 3 heterocycles. The van der Waals surface area contributed by atoms with Gasteiger partial charge in [0, 0.05) is 28.3 Å². The van der Waals surface area contributed by atoms with Crippen LogP contribution in [0, 0.1) is 0 Å². The van der Waals surface area contributed by atoms with E-state index in [1.807, 2.05) is 6.07 Å². The second-order valence-electron chi connectivity index (χ2n) is 5.93. The highest BCUT2D eigenvalue weighted by atomic mass is 32.2. The number of carboxylic acid groups (broad SMARTS) is 2. The molecule has 0 aliphatic carbocycles. The largest absolute Gasteiger partial charge is 0.478 e. The summed E-state index contributed by atoms with van der Waals surface area (Å²) in [7, 11) is 0. The maximum Gasteiger partial charge on any atom is 0.410 e. The number of ether oxygens (including phenoxy) is 1. The van der Waals surface area contributed by atoms with E-state index in [0.29, 0.717) is 26.1 Å². The van der Waals surface area contributed by atoms with Crippen molar-refractivity contribution < 1.29 is 29.3 Å². The molecule has 27 heavy (non-hydrogen) atoms. The van der Waals surface area contributed by atoms with Gasteiger partial charge in [0.05, 0.1) is 24.0 Å². The van der Waals surface area contributed by atoms with E-state index in [9.17, 15) is 19.5 Å². The second-order valence-corrected chi connectivity index (χ2v) is 8.19. The Morgan fingerprint density at radius 1 is 1.33 bits per heavy atom. The number of carbonyl (C=O) groups is 3. The second kappa shape index (κ2) is 8.13. The number of thiophene rings is 1. The highest BCUT2D eigenvalue weighted by Gasteiger charge is 2.31. The lowest BCUT2D eigenvalue weighted by Gasteiger charge is -2.25. The summed E-state index contributed by atoms with van der Waals surface area (Å²) in [4.78, 5) is 42.1. The lowest BCUT2D eigenvalue weighted by molar-refractivity contribution is -0.133. The standard InChI is InChI=1S/C17H18N2O6S2/c1-2-25-17(24)19-4-3-9-5-12(27-13(9)7-19)14-10(15(20)21)6-18-11(8-26-14)16(22)23/h5-6,14H,2-4,7-8H2,1H3,(H,20,21)(H,22,23). The third-order valence-corrected chi connectivity index (χ3v) is 6.87. The van der Waals surface area contributed by atoms with Crippen LogP contribution in [0.5, 0.6) is 0 Å². The van der Waals surface area contributed by atoms with Crippen LogP contribution < -0.4 is 0 Å². The van der Waals surface area contributed by atoms with Crippen LogP contribution >= 0.6 is 23.1 Å². The number of aliphatic carboxylic acids is 2. The van der Waals surface area contributed by atoms with Gasteiger partial charge in [-0.2, -0.15) is 0 Å². The van der Waals surface area contributed by atoms with Gasteiger partial charge in [0.1, 0.15) is 5.71 Å². The van der Waals surface area contributed by atoms with Crippen LogP contribution in [0.3, 0.4) is 0 Å². The van der Waals surface area contributed by atoms with Crippen molar-refractivity contribution in [1.29, 1.82) is 0 Å². The SMILES string of the molecule is CCOC(=O)N1CCc2cc(C3SCC(C(=O)O)=NC=C3C(=O)O)sc2C1. The van der Waals surface area contributed by atoms with Crippen molar-refractivity contribution in [2.75, 3.05) is 18.9 Å². The molecule has 10 heteroatoms. The molecule has 1 aromatic rings. The van der Waals surface area contributed by atoms with Crippen molar-refractivity contribution in [2.45, 2.75) is 25.1 Å². The Balaban J connectivity index is 1.84. The molecule has 1 amide bonds. The van der Waals surface area contributed by atoms with E-state index in [2.05, 4.69) is 4.99 Å². The maximum atomic E-state index is 11.9. The summed E-state index contributed by atoms with van der Waals surface area (Å²) in [5, 5.41) is 18.2. The van der Waals surface area contributed by atoms with Crippen LogP contribution in [0.25, 0.3) is 0 Å². The first-order chi connectivity index (χ1) is 12.9. The van der Waals surface area contributed by atoms with Gasteiger partial charge in [0.2, 0.25) is 0 Å². The van der Waals surface area contributed by atoms with Crippen molar-refractivity contribution in [2.24, 2.45) is 4.99 Å². The number of hydrogen-bond donors (Lipinski definition) is 2. The summed E-state index contributed by atoms with van der Waals surface area (Å²) < 4.78 is 5.05. The summed E-state index contributed by atoms with van der Waals surface area (Å²) in [6.45, 7) is 3.05. The first-order valence-corrected chi connectivity index (χ1v) is 10.1. The fourth-order valence-corrected chi connectivity index (χ4v) is 5.54. The smallest absolute Gasteiger partial charge is 0.410 e. The molecule has 0 spiro atoms. The number of aliphatic imine (C=N–C) groups is 1. The fourth-order valence-electron chi connectivity index (χ4n) is 2.87. The van der Waals surface area contributed by atoms with Gasteiger partial charge in [-0.15, -0.1) is 23.1 Å². The minimum Gasteiger partial charge on any atom is -0.478 e. The predicted molar refractivity (Wildman–Crippen MR) is 101 cm³/mol. The highest BCUT2D eigenvalue weighted by Crippen LogP contribution is 2.43. The lowest BCUT2D eigenvalue weighted by atomic mass is 10.1. The Bertz CT molecular complexity index is 844. The molecule has 2 aliphatic rings. The molecule has 0 fully saturated rings. The molecule has 0 radical (unpaired) electrons. The monoisotopic (exact) mass is 410 g/mol. The molecule has 0 aromatic carbocycles. The Labute approximate surface area is 163 Å². The summed E-state index contributed by atoms with van der Waals surface area (Å²) in [5.41, 5.74) is 1.07. The van der Waals surface area contributed by atoms with Gasteiger partial charge in [0.25, 0.3) is 0 Å². The van der Waals surface area contributed by atoms with Crippen LogP contribution in [0.15, 0.2) is 22.8 Å². The van der Waals surface area contributed by atoms with Gasteiger partial charge < -0.3 is 19.8 Å². The number of rotatable bonds is 4. The molecule has 3 rings (SSSR count). The number of fused-ring (bicyclic) bond motifs is 1. The van der Waals surface area contributed by atoms with Crippen LogP contribution in [-0.2, 0) is 27.3 Å². The number of carboxylic acids is 2. The third-order valence-electron chi connectivity index (χ3n) is 4.21. The molecule has 1 atom stereocenters. The molecular weight excluding hydrogens is 392 g/mol. The molecule has 1 unspecified atom stereocenters. The van der Waals surface area contributed by atoms with Crippen LogP contribution in [-0.4, -0.2) is 57.8 Å². The first kappa shape index (κ1) is 19.4. The number of carbonyl (C=O) groups excluding carboxylic acids is 1. The Morgan fingerprint density at radius 2 is 2.11 bits per heavy atom. The Morgan fingerprint density at radius 3 is 2.78 bits per heavy atom. The summed E-state index contributed by atoms with van der Waals surface area (Å²) in [6, 6.07) is 1.96. The summed E-state index contributed by atoms with van der Waals surface area (Å²) >= 11 is 2.68. The average molecular weight is 410 g/mol. The Kier molecular flexibility index (Phi) is 5.85. The van der Waals surface area contributed by atoms with E-state index in [4.69, 9.17) is 9.84 Å². The van der Waals surface area contributed by atoms with Gasteiger partial charge in [-0.3, -0.25) is 4.99 Å². The van der Waals surface area contributed by atoms with E-state index in [-0.39, 0.29) is 23.1 Å². The molecule has 0 saturated heterocycles. The Hall–Kier alpha value is -2.33. The molecule has 1 aromatic heterocycles. The number of nitrogens with zero attached hydrogens (tertiary/aromatic N) is 2. The zero-order valence-electron chi connectivity index (χ0n) is 14.5. The zero-order chi connectivity index (χ0) is 19.6. The quantitative estimate of drug-likeness (QED) is 0.783. The number of amides is 1. The molecular formula is C17H18N2O6S2. The normalized spacial score (nSPS) is 19.4. The topological polar surface area (TPSA) is 117 Å². The van der Waals surface area contributed by atoms with Crippen molar-refractivity contribution >= 4 is 46.8 Å². The van der Waals surface area contributed by atoms with Gasteiger partial charge in [0.15, 0.2) is 0 Å². The van der Waals surface area contributed by atoms with Gasteiger partial charge >= 0.3 is 18.0 Å². The van der Waals surface area contributed by atoms with E-state index < -0.39 is 17.2 Å². The third kappa shape index (κ3) is 4.16. The van der Waals surface area contributed by atoms with Crippen molar-refractivity contribution in [3.05, 3.63) is 33.2 Å². The van der Waals surface area contributed by atoms with E-state index >= 15 is 0 Å². The van der Waals surface area contributed by atoms with E-state index in [0.717, 1.165) is 21.5 Å². The van der Waals surface area contributed by atoms with Crippen molar-refractivity contribution in [3.8, 4) is 0 Å². The molecule has 2 N–H and O–H groups in total. The number of hydrogen-bond acceptors (Lipinski definition) is 7. The van der Waals surface area contributed by atoms with Crippen LogP contribution in [0.4, 0.5) is 4.79 Å². The minimum atomic E-state index is -1.15. The molecule has 144 valence electrons. The molecule has 0 saturated carbocycles. The van der Waals surface area contributed by atoms with Gasteiger partial charge in [-0.25, -0.2) is 14.4 Å². The fraction of sp³-hybridized carbons (Fsp3) is 0.412. The predicted octanol–water partition coefficient (Wildman–Crippen LogP) is 2.54. The van der Waals surface area contributed by atoms with Gasteiger partial charge in [-0.05, 0) is 25.0 Å². The van der Waals surface area contributed by atoms with Crippen molar-refractivity contribution in [3.63, 3.8) is 0 Å².